The summed E-state index contributed by atoms with van der Waals surface area (Å²) in [5.74, 6) is 0.204. The number of halogens is 3. The Kier molecular flexibility index (Phi) is 8.02. The number of pyridine rings is 1. The fourth-order valence-corrected chi connectivity index (χ4v) is 5.58. The normalized spacial score (nSPS) is 14.8. The Morgan fingerprint density at radius 1 is 1.22 bits per heavy atom. The number of aromatic nitrogens is 3. The van der Waals surface area contributed by atoms with Crippen LogP contribution in [0.5, 0.6) is 0 Å². The molecule has 0 bridgehead atoms. The zero-order valence-corrected chi connectivity index (χ0v) is 22.6. The number of piperidine rings is 1. The molecule has 1 aromatic carbocycles. The van der Waals surface area contributed by atoms with E-state index in [0.717, 1.165) is 28.9 Å². The van der Waals surface area contributed by atoms with Gasteiger partial charge in [-0.1, -0.05) is 23.2 Å². The zero-order valence-electron chi connectivity index (χ0n) is 20.3. The van der Waals surface area contributed by atoms with Crippen LogP contribution in [-0.2, 0) is 10.5 Å². The van der Waals surface area contributed by atoms with Gasteiger partial charge in [-0.2, -0.15) is 5.10 Å². The van der Waals surface area contributed by atoms with Crippen molar-refractivity contribution in [3.63, 3.8) is 0 Å². The molecule has 3 aromatic rings. The van der Waals surface area contributed by atoms with E-state index in [2.05, 4.69) is 10.1 Å². The lowest BCUT2D eigenvalue weighted by atomic mass is 10.1. The zero-order chi connectivity index (χ0) is 26.0. The number of nitrogens with zero attached hydrogens (tertiary/aromatic N) is 4. The van der Waals surface area contributed by atoms with Gasteiger partial charge in [0.15, 0.2) is 0 Å². The summed E-state index contributed by atoms with van der Waals surface area (Å²) in [6, 6.07) is 4.85. The molecule has 1 saturated heterocycles. The Balaban J connectivity index is 1.42. The summed E-state index contributed by atoms with van der Waals surface area (Å²) in [5, 5.41) is 4.97. The van der Waals surface area contributed by atoms with Crippen molar-refractivity contribution in [3.8, 4) is 11.1 Å². The highest BCUT2D eigenvalue weighted by atomic mass is 35.5. The number of thioether (sulfide) groups is 1. The van der Waals surface area contributed by atoms with E-state index in [1.54, 1.807) is 17.3 Å². The molecule has 192 valence electrons. The number of amides is 1. The average molecular weight is 553 g/mol. The van der Waals surface area contributed by atoms with Crippen LogP contribution in [0.1, 0.15) is 45.2 Å². The first-order valence-corrected chi connectivity index (χ1v) is 13.3. The first-order chi connectivity index (χ1) is 17.0. The third-order valence-corrected chi connectivity index (χ3v) is 7.65. The molecule has 11 heteroatoms. The van der Waals surface area contributed by atoms with Crippen molar-refractivity contribution >= 4 is 46.9 Å². The van der Waals surface area contributed by atoms with Gasteiger partial charge in [-0.25, -0.2) is 14.2 Å². The van der Waals surface area contributed by atoms with Crippen LogP contribution in [-0.4, -0.2) is 44.4 Å². The van der Waals surface area contributed by atoms with Gasteiger partial charge in [-0.3, -0.25) is 4.68 Å². The van der Waals surface area contributed by atoms with Crippen LogP contribution in [0, 0.1) is 5.82 Å². The molecule has 1 aliphatic heterocycles. The Morgan fingerprint density at radius 2 is 1.94 bits per heavy atom. The van der Waals surface area contributed by atoms with Crippen molar-refractivity contribution in [2.75, 3.05) is 18.8 Å². The Hall–Kier alpha value is -2.49. The van der Waals surface area contributed by atoms with Crippen LogP contribution >= 0.6 is 35.0 Å². The van der Waals surface area contributed by atoms with Crippen molar-refractivity contribution in [2.24, 2.45) is 0 Å². The molecular weight excluding hydrogens is 524 g/mol. The number of nitrogen functional groups attached to an aromatic ring is 1. The van der Waals surface area contributed by atoms with E-state index in [0.29, 0.717) is 35.2 Å². The third kappa shape index (κ3) is 6.25. The van der Waals surface area contributed by atoms with Gasteiger partial charge in [0.05, 0.1) is 22.2 Å². The smallest absolute Gasteiger partial charge is 0.410 e. The number of hydrogen-bond donors (Lipinski definition) is 1. The summed E-state index contributed by atoms with van der Waals surface area (Å²) < 4.78 is 21.3. The highest BCUT2D eigenvalue weighted by Crippen LogP contribution is 2.36. The Labute approximate surface area is 224 Å². The molecule has 2 N–H and O–H groups in total. The second-order valence-electron chi connectivity index (χ2n) is 9.63. The van der Waals surface area contributed by atoms with Gasteiger partial charge in [-0.15, -0.1) is 11.8 Å². The number of hydrogen-bond acceptors (Lipinski definition) is 6. The summed E-state index contributed by atoms with van der Waals surface area (Å²) >= 11 is 13.7. The van der Waals surface area contributed by atoms with Crippen LogP contribution in [0.4, 0.5) is 15.0 Å². The lowest BCUT2D eigenvalue weighted by Crippen LogP contribution is -2.42. The van der Waals surface area contributed by atoms with E-state index >= 15 is 0 Å². The van der Waals surface area contributed by atoms with Gasteiger partial charge in [0.1, 0.15) is 17.2 Å². The van der Waals surface area contributed by atoms with E-state index in [9.17, 15) is 9.18 Å². The maximum Gasteiger partial charge on any atom is 0.410 e. The molecule has 0 radical (unpaired) electrons. The molecule has 0 aliphatic carbocycles. The van der Waals surface area contributed by atoms with E-state index in [1.165, 1.54) is 23.9 Å². The number of anilines is 1. The minimum absolute atomic E-state index is 0.0108. The number of ether oxygens (including phenoxy) is 1. The van der Waals surface area contributed by atoms with Gasteiger partial charge in [0.2, 0.25) is 0 Å². The number of rotatable bonds is 5. The number of benzene rings is 1. The molecule has 1 aliphatic rings. The molecule has 1 fully saturated rings. The predicted octanol–water partition coefficient (Wildman–Crippen LogP) is 6.84. The second-order valence-corrected chi connectivity index (χ2v) is 11.4. The highest BCUT2D eigenvalue weighted by Gasteiger charge is 2.28. The maximum atomic E-state index is 13.9. The maximum absolute atomic E-state index is 13.9. The largest absolute Gasteiger partial charge is 0.444 e. The van der Waals surface area contributed by atoms with E-state index in [-0.39, 0.29) is 17.2 Å². The second kappa shape index (κ2) is 10.9. The van der Waals surface area contributed by atoms with Gasteiger partial charge in [0.25, 0.3) is 0 Å². The van der Waals surface area contributed by atoms with E-state index in [1.807, 2.05) is 37.7 Å². The monoisotopic (exact) mass is 551 g/mol. The molecule has 0 spiro atoms. The summed E-state index contributed by atoms with van der Waals surface area (Å²) in [7, 11) is 0. The average Bonchev–Trinajstić information content (AvgIpc) is 3.32. The minimum Gasteiger partial charge on any atom is -0.444 e. The summed E-state index contributed by atoms with van der Waals surface area (Å²) in [6.07, 6.45) is 6.78. The van der Waals surface area contributed by atoms with E-state index in [4.69, 9.17) is 33.7 Å². The molecule has 1 amide bonds. The Morgan fingerprint density at radius 3 is 2.64 bits per heavy atom. The van der Waals surface area contributed by atoms with Gasteiger partial charge in [-0.05, 0) is 51.8 Å². The van der Waals surface area contributed by atoms with Gasteiger partial charge in [0, 0.05) is 52.9 Å². The quantitative estimate of drug-likeness (QED) is 0.276. The highest BCUT2D eigenvalue weighted by molar-refractivity contribution is 7.98. The lowest BCUT2D eigenvalue weighted by Gasteiger charge is -2.33. The topological polar surface area (TPSA) is 86.3 Å². The molecule has 4 rings (SSSR count). The molecule has 0 saturated carbocycles. The summed E-state index contributed by atoms with van der Waals surface area (Å²) in [4.78, 5) is 19.1. The fourth-order valence-electron chi connectivity index (χ4n) is 3.91. The third-order valence-electron chi connectivity index (χ3n) is 5.82. The first-order valence-electron chi connectivity index (χ1n) is 11.5. The molecule has 36 heavy (non-hydrogen) atoms. The van der Waals surface area contributed by atoms with Gasteiger partial charge < -0.3 is 15.4 Å². The number of likely N-dealkylation sites (tertiary alicyclic amines) is 1. The number of carbonyl (C=O) groups excluding carboxylic acids is 1. The van der Waals surface area contributed by atoms with E-state index < -0.39 is 11.4 Å². The SMILES string of the molecule is CC(C)(C)OC(=O)N1CCC(n2cc(-c3cnc(N)c(SCc4c(Cl)ccc(F)c4Cl)c3)cn2)CC1. The molecule has 3 heterocycles. The number of carbonyl (C=O) groups is 1. The van der Waals surface area contributed by atoms with Gasteiger partial charge >= 0.3 is 6.09 Å². The van der Waals surface area contributed by atoms with Crippen LogP contribution in [0.25, 0.3) is 11.1 Å². The molecule has 2 aromatic heterocycles. The summed E-state index contributed by atoms with van der Waals surface area (Å²) in [6.45, 7) is 6.83. The minimum atomic E-state index is -0.513. The van der Waals surface area contributed by atoms with Crippen molar-refractivity contribution in [2.45, 2.75) is 55.9 Å². The summed E-state index contributed by atoms with van der Waals surface area (Å²) in [5.41, 5.74) is 7.87. The molecule has 7 nitrogen and oxygen atoms in total. The number of nitrogens with two attached hydrogens (primary N) is 1. The van der Waals surface area contributed by atoms with Crippen molar-refractivity contribution in [1.82, 2.24) is 19.7 Å². The molecule has 0 unspecified atom stereocenters. The first kappa shape index (κ1) is 26.6. The Bertz CT molecular complexity index is 1260. The van der Waals surface area contributed by atoms with Crippen LogP contribution in [0.3, 0.4) is 0 Å². The van der Waals surface area contributed by atoms with Crippen LogP contribution in [0.15, 0.2) is 41.7 Å². The molecular formula is C25H28Cl2FN5O2S. The fraction of sp³-hybridized carbons (Fsp3) is 0.400. The van der Waals surface area contributed by atoms with Crippen molar-refractivity contribution < 1.29 is 13.9 Å². The lowest BCUT2D eigenvalue weighted by molar-refractivity contribution is 0.0185. The van der Waals surface area contributed by atoms with Crippen molar-refractivity contribution in [3.05, 3.63) is 58.2 Å². The van der Waals surface area contributed by atoms with Crippen LogP contribution in [0.2, 0.25) is 10.0 Å². The van der Waals surface area contributed by atoms with Crippen molar-refractivity contribution in [1.29, 1.82) is 0 Å². The predicted molar refractivity (Wildman–Crippen MR) is 142 cm³/mol. The standard InChI is InChI=1S/C25H28Cl2FN5O2S/c1-25(2,3)35-24(34)32-8-6-17(7-9-32)33-13-16(12-31-33)15-10-21(23(29)30-11-15)36-14-18-19(26)4-5-20(28)22(18)27/h4-5,10-13,17H,6-9,14H2,1-3H3,(H2,29,30). The molecule has 0 atom stereocenters. The van der Waals surface area contributed by atoms with Crippen LogP contribution < -0.4 is 5.73 Å².